The lowest BCUT2D eigenvalue weighted by molar-refractivity contribution is 0.608. The first kappa shape index (κ1) is 8.42. The Hall–Kier alpha value is -0.680. The van der Waals surface area contributed by atoms with E-state index in [0.29, 0.717) is 0 Å². The largest absolute Gasteiger partial charge is 0.294 e. The van der Waals surface area contributed by atoms with Crippen LogP contribution >= 0.6 is 11.3 Å². The smallest absolute Gasteiger partial charge is 0.228 e. The lowest BCUT2D eigenvalue weighted by atomic mass is 10.7. The number of nitrogens with one attached hydrogen (secondary N) is 1. The van der Waals surface area contributed by atoms with E-state index in [-0.39, 0.29) is 9.25 Å². The van der Waals surface area contributed by atoms with Crippen molar-refractivity contribution in [2.75, 3.05) is 0 Å². The van der Waals surface area contributed by atoms with Crippen LogP contribution in [0.4, 0.5) is 0 Å². The van der Waals surface area contributed by atoms with Gasteiger partial charge in [0, 0.05) is 0 Å². The summed E-state index contributed by atoms with van der Waals surface area (Å²) in [5.41, 5.74) is 0. The monoisotopic (exact) mass is 189 g/mol. The van der Waals surface area contributed by atoms with Crippen LogP contribution < -0.4 is 0 Å². The molecule has 0 unspecified atom stereocenters. The molecular formula is C6H7NO2S2. The molecule has 0 aliphatic rings. The van der Waals surface area contributed by atoms with Crippen LogP contribution in [0, 0.1) is 5.41 Å². The first-order valence-electron chi connectivity index (χ1n) is 2.89. The maximum absolute atomic E-state index is 11.2. The van der Waals surface area contributed by atoms with E-state index in [0.717, 1.165) is 11.3 Å². The standard InChI is InChI=1S/C6H7NO2S2/c1-5(7)11(8,9)6-3-2-4-10-6/h2-4,7H,1H3. The van der Waals surface area contributed by atoms with Gasteiger partial charge in [-0.25, -0.2) is 8.42 Å². The van der Waals surface area contributed by atoms with E-state index < -0.39 is 9.84 Å². The molecule has 0 amide bonds. The zero-order chi connectivity index (χ0) is 8.48. The molecular weight excluding hydrogens is 182 g/mol. The summed E-state index contributed by atoms with van der Waals surface area (Å²) < 4.78 is 22.6. The van der Waals surface area contributed by atoms with E-state index in [1.54, 1.807) is 11.4 Å². The molecule has 0 aliphatic heterocycles. The molecule has 0 radical (unpaired) electrons. The van der Waals surface area contributed by atoms with Gasteiger partial charge in [-0.3, -0.25) is 5.41 Å². The second kappa shape index (κ2) is 2.75. The Morgan fingerprint density at radius 2 is 2.27 bits per heavy atom. The van der Waals surface area contributed by atoms with Crippen LogP contribution in [0.1, 0.15) is 6.92 Å². The molecule has 0 saturated carbocycles. The van der Waals surface area contributed by atoms with Gasteiger partial charge in [0.2, 0.25) is 9.84 Å². The molecule has 0 saturated heterocycles. The summed E-state index contributed by atoms with van der Waals surface area (Å²) in [6.07, 6.45) is 0. The second-order valence-electron chi connectivity index (χ2n) is 1.99. The van der Waals surface area contributed by atoms with Crippen molar-refractivity contribution < 1.29 is 8.42 Å². The topological polar surface area (TPSA) is 58.0 Å². The summed E-state index contributed by atoms with van der Waals surface area (Å²) in [7, 11) is -3.43. The summed E-state index contributed by atoms with van der Waals surface area (Å²) in [5, 5.41) is 8.36. The average molecular weight is 189 g/mol. The van der Waals surface area contributed by atoms with Gasteiger partial charge in [0.15, 0.2) is 0 Å². The first-order valence-corrected chi connectivity index (χ1v) is 5.25. The maximum Gasteiger partial charge on any atom is 0.228 e. The van der Waals surface area contributed by atoms with Crippen molar-refractivity contribution in [3.8, 4) is 0 Å². The van der Waals surface area contributed by atoms with Crippen LogP contribution in [0.3, 0.4) is 0 Å². The molecule has 1 N–H and O–H groups in total. The van der Waals surface area contributed by atoms with E-state index >= 15 is 0 Å². The van der Waals surface area contributed by atoms with Crippen molar-refractivity contribution in [2.24, 2.45) is 0 Å². The summed E-state index contributed by atoms with van der Waals surface area (Å²) in [5.74, 6) is 0. The van der Waals surface area contributed by atoms with Crippen molar-refractivity contribution in [2.45, 2.75) is 11.1 Å². The van der Waals surface area contributed by atoms with Gasteiger partial charge in [-0.2, -0.15) is 0 Å². The quantitative estimate of drug-likeness (QED) is 0.538. The number of hydrogen-bond donors (Lipinski definition) is 1. The molecule has 3 nitrogen and oxygen atoms in total. The van der Waals surface area contributed by atoms with E-state index in [4.69, 9.17) is 5.41 Å². The number of hydrogen-bond acceptors (Lipinski definition) is 4. The summed E-state index contributed by atoms with van der Waals surface area (Å²) >= 11 is 1.13. The van der Waals surface area contributed by atoms with Gasteiger partial charge in [-0.05, 0) is 18.4 Å². The predicted octanol–water partition coefficient (Wildman–Crippen LogP) is 1.52. The molecule has 1 aromatic heterocycles. The Morgan fingerprint density at radius 3 is 2.64 bits per heavy atom. The second-order valence-corrected chi connectivity index (χ2v) is 5.26. The minimum Gasteiger partial charge on any atom is -0.294 e. The third kappa shape index (κ3) is 1.49. The van der Waals surface area contributed by atoms with E-state index in [2.05, 4.69) is 0 Å². The summed E-state index contributed by atoms with van der Waals surface area (Å²) in [4.78, 5) is 0. The molecule has 60 valence electrons. The lowest BCUT2D eigenvalue weighted by Crippen LogP contribution is -2.07. The van der Waals surface area contributed by atoms with Gasteiger partial charge >= 0.3 is 0 Å². The van der Waals surface area contributed by atoms with Gasteiger partial charge in [0.05, 0.1) is 0 Å². The highest BCUT2D eigenvalue weighted by Gasteiger charge is 2.17. The minimum absolute atomic E-state index is 0.241. The molecule has 1 aromatic rings. The normalized spacial score (nSPS) is 11.4. The van der Waals surface area contributed by atoms with Gasteiger partial charge in [-0.15, -0.1) is 11.3 Å². The molecule has 0 bridgehead atoms. The molecule has 1 rings (SSSR count). The van der Waals surface area contributed by atoms with E-state index in [1.165, 1.54) is 13.0 Å². The highest BCUT2D eigenvalue weighted by atomic mass is 32.2. The highest BCUT2D eigenvalue weighted by Crippen LogP contribution is 2.17. The molecule has 0 atom stereocenters. The number of thiophene rings is 1. The highest BCUT2D eigenvalue weighted by molar-refractivity contribution is 8.07. The average Bonchev–Trinajstić information content (AvgIpc) is 2.37. The third-order valence-electron chi connectivity index (χ3n) is 1.16. The fraction of sp³-hybridized carbons (Fsp3) is 0.167. The van der Waals surface area contributed by atoms with Crippen LogP contribution in [0.25, 0.3) is 0 Å². The van der Waals surface area contributed by atoms with Gasteiger partial charge < -0.3 is 0 Å². The van der Waals surface area contributed by atoms with E-state index in [1.807, 2.05) is 0 Å². The Morgan fingerprint density at radius 1 is 1.64 bits per heavy atom. The van der Waals surface area contributed by atoms with Crippen molar-refractivity contribution in [3.63, 3.8) is 0 Å². The Kier molecular flexibility index (Phi) is 2.10. The van der Waals surface area contributed by atoms with Crippen molar-refractivity contribution in [1.29, 1.82) is 5.41 Å². The third-order valence-corrected chi connectivity index (χ3v) is 4.24. The number of sulfone groups is 1. The van der Waals surface area contributed by atoms with Crippen LogP contribution in [-0.4, -0.2) is 13.5 Å². The van der Waals surface area contributed by atoms with Crippen LogP contribution in [0.15, 0.2) is 21.7 Å². The van der Waals surface area contributed by atoms with Crippen LogP contribution in [0.5, 0.6) is 0 Å². The molecule has 0 aromatic carbocycles. The zero-order valence-electron chi connectivity index (χ0n) is 5.87. The maximum atomic E-state index is 11.2. The van der Waals surface area contributed by atoms with Crippen LogP contribution in [0.2, 0.25) is 0 Å². The Bertz CT molecular complexity index is 350. The molecule has 0 fully saturated rings. The summed E-state index contributed by atoms with van der Waals surface area (Å²) in [6, 6.07) is 3.15. The predicted molar refractivity (Wildman–Crippen MR) is 44.9 cm³/mol. The van der Waals surface area contributed by atoms with Gasteiger partial charge in [0.1, 0.15) is 9.25 Å². The molecule has 1 heterocycles. The van der Waals surface area contributed by atoms with Crippen molar-refractivity contribution >= 4 is 26.2 Å². The van der Waals surface area contributed by atoms with Gasteiger partial charge in [0.25, 0.3) is 0 Å². The van der Waals surface area contributed by atoms with Crippen molar-refractivity contribution in [1.82, 2.24) is 0 Å². The fourth-order valence-corrected chi connectivity index (χ4v) is 2.62. The van der Waals surface area contributed by atoms with E-state index in [9.17, 15) is 8.42 Å². The SMILES string of the molecule is CC(=N)S(=O)(=O)c1cccs1. The zero-order valence-corrected chi connectivity index (χ0v) is 7.50. The fourth-order valence-electron chi connectivity index (χ4n) is 0.567. The Labute approximate surface area is 69.1 Å². The first-order chi connectivity index (χ1) is 5.05. The lowest BCUT2D eigenvalue weighted by Gasteiger charge is -1.95. The number of rotatable bonds is 1. The van der Waals surface area contributed by atoms with Crippen molar-refractivity contribution in [3.05, 3.63) is 17.5 Å². The Balaban J connectivity index is 3.22. The summed E-state index contributed by atoms with van der Waals surface area (Å²) in [6.45, 7) is 1.27. The minimum atomic E-state index is -3.43. The van der Waals surface area contributed by atoms with Crippen LogP contribution in [-0.2, 0) is 9.84 Å². The van der Waals surface area contributed by atoms with Gasteiger partial charge in [-0.1, -0.05) is 6.07 Å². The molecule has 5 heteroatoms. The molecule has 0 aliphatic carbocycles. The molecule has 0 spiro atoms. The molecule has 11 heavy (non-hydrogen) atoms.